The largest absolute Gasteiger partial charge is 0.413 e. The van der Waals surface area contributed by atoms with E-state index in [1.807, 2.05) is 0 Å². The zero-order valence-corrected chi connectivity index (χ0v) is 22.6. The van der Waals surface area contributed by atoms with Gasteiger partial charge in [-0.25, -0.2) is 0 Å². The Hall–Kier alpha value is 0.0538. The van der Waals surface area contributed by atoms with Gasteiger partial charge in [0.05, 0.1) is 13.2 Å². The molecule has 29 heavy (non-hydrogen) atoms. The van der Waals surface area contributed by atoms with Crippen LogP contribution in [0.2, 0.25) is 36.3 Å². The Morgan fingerprint density at radius 1 is 0.897 bits per heavy atom. The molecule has 0 N–H and O–H groups in total. The first-order chi connectivity index (χ1) is 13.4. The Morgan fingerprint density at radius 3 is 1.93 bits per heavy atom. The summed E-state index contributed by atoms with van der Waals surface area (Å²) in [7, 11) is -3.67. The maximum absolute atomic E-state index is 7.15. The van der Waals surface area contributed by atoms with Crippen molar-refractivity contribution in [3.63, 3.8) is 0 Å². The highest BCUT2D eigenvalue weighted by Gasteiger charge is 2.67. The normalized spacial score (nSPS) is 30.6. The summed E-state index contributed by atoms with van der Waals surface area (Å²) in [5.74, 6) is 0. The molecule has 0 spiro atoms. The highest BCUT2D eigenvalue weighted by molar-refractivity contribution is 6.77. The average Bonchev–Trinajstić information content (AvgIpc) is 3.22. The standard InChI is InChI=1S/C24H46O3Si2/c1-18(2)29(19(3)4,20(5)6)26-17-23(16-25-23)24(27-28(7,8)9)15-11-13-21-12-10-14-22(21)24/h18-20H,10-17H2,1-9H3. The Morgan fingerprint density at radius 2 is 1.45 bits per heavy atom. The van der Waals surface area contributed by atoms with Crippen molar-refractivity contribution < 1.29 is 13.6 Å². The summed E-state index contributed by atoms with van der Waals surface area (Å²) >= 11 is 0. The van der Waals surface area contributed by atoms with Crippen LogP contribution in [-0.2, 0) is 13.6 Å². The minimum atomic E-state index is -1.93. The summed E-state index contributed by atoms with van der Waals surface area (Å²) in [6.45, 7) is 22.8. The number of hydrogen-bond acceptors (Lipinski definition) is 3. The second-order valence-corrected chi connectivity index (χ2v) is 21.6. The first-order valence-corrected chi connectivity index (χ1v) is 17.6. The van der Waals surface area contributed by atoms with Gasteiger partial charge in [0.2, 0.25) is 0 Å². The second-order valence-electron chi connectivity index (χ2n) is 11.7. The van der Waals surface area contributed by atoms with E-state index in [1.165, 1.54) is 32.1 Å². The molecule has 3 rings (SSSR count). The van der Waals surface area contributed by atoms with E-state index in [9.17, 15) is 0 Å². The van der Waals surface area contributed by atoms with Crippen molar-refractivity contribution in [2.75, 3.05) is 13.2 Å². The fourth-order valence-electron chi connectivity index (χ4n) is 6.76. The molecule has 1 saturated heterocycles. The van der Waals surface area contributed by atoms with Crippen molar-refractivity contribution in [3.8, 4) is 0 Å². The zero-order chi connectivity index (χ0) is 21.7. The van der Waals surface area contributed by atoms with Crippen LogP contribution in [0.5, 0.6) is 0 Å². The smallest absolute Gasteiger partial charge is 0.200 e. The third kappa shape index (κ3) is 4.11. The number of epoxide rings is 1. The Balaban J connectivity index is 1.96. The van der Waals surface area contributed by atoms with Crippen LogP contribution in [0.3, 0.4) is 0 Å². The van der Waals surface area contributed by atoms with E-state index in [0.717, 1.165) is 19.6 Å². The first kappa shape index (κ1) is 23.7. The van der Waals surface area contributed by atoms with Gasteiger partial charge >= 0.3 is 0 Å². The number of ether oxygens (including phenoxy) is 1. The molecule has 0 aromatic rings. The highest BCUT2D eigenvalue weighted by atomic mass is 28.4. The van der Waals surface area contributed by atoms with E-state index >= 15 is 0 Å². The molecule has 0 bridgehead atoms. The maximum Gasteiger partial charge on any atom is 0.200 e. The van der Waals surface area contributed by atoms with Crippen LogP contribution in [0.15, 0.2) is 11.1 Å². The molecule has 0 aromatic heterocycles. The Kier molecular flexibility index (Phi) is 6.70. The fourth-order valence-corrected chi connectivity index (χ4v) is 13.7. The number of hydrogen-bond donors (Lipinski definition) is 0. The summed E-state index contributed by atoms with van der Waals surface area (Å²) in [6, 6.07) is 0. The van der Waals surface area contributed by atoms with Crippen LogP contribution >= 0.6 is 0 Å². The monoisotopic (exact) mass is 438 g/mol. The molecule has 1 fully saturated rings. The second kappa shape index (κ2) is 8.20. The van der Waals surface area contributed by atoms with Crippen LogP contribution in [0.25, 0.3) is 0 Å². The molecule has 1 aliphatic heterocycles. The van der Waals surface area contributed by atoms with Crippen LogP contribution < -0.4 is 0 Å². The van der Waals surface area contributed by atoms with Crippen molar-refractivity contribution in [3.05, 3.63) is 11.1 Å². The molecule has 3 aliphatic rings. The van der Waals surface area contributed by atoms with Crippen molar-refractivity contribution >= 4 is 16.6 Å². The molecule has 0 saturated carbocycles. The minimum absolute atomic E-state index is 0.230. The van der Waals surface area contributed by atoms with Crippen molar-refractivity contribution in [1.29, 1.82) is 0 Å². The maximum atomic E-state index is 7.15. The third-order valence-electron chi connectivity index (χ3n) is 7.80. The lowest BCUT2D eigenvalue weighted by atomic mass is 9.72. The SMILES string of the molecule is CC(C)[Si](OCC1(C2(O[Si](C)(C)C)CCCC3=C2CCC3)CO1)(C(C)C)C(C)C. The molecule has 5 heteroatoms. The van der Waals surface area contributed by atoms with Gasteiger partial charge in [-0.3, -0.25) is 0 Å². The van der Waals surface area contributed by atoms with E-state index < -0.39 is 16.6 Å². The summed E-state index contributed by atoms with van der Waals surface area (Å²) in [5, 5.41) is 0. The van der Waals surface area contributed by atoms with Gasteiger partial charge in [0.25, 0.3) is 0 Å². The Labute approximate surface area is 182 Å². The van der Waals surface area contributed by atoms with Crippen molar-refractivity contribution in [1.82, 2.24) is 0 Å². The summed E-state index contributed by atoms with van der Waals surface area (Å²) in [6.07, 6.45) is 7.37. The van der Waals surface area contributed by atoms with E-state index in [0.29, 0.717) is 16.6 Å². The van der Waals surface area contributed by atoms with Gasteiger partial charge in [0, 0.05) is 0 Å². The molecule has 2 aliphatic carbocycles. The predicted molar refractivity (Wildman–Crippen MR) is 128 cm³/mol. The molecule has 1 heterocycles. The number of rotatable bonds is 9. The van der Waals surface area contributed by atoms with Crippen molar-refractivity contribution in [2.45, 2.75) is 128 Å². The van der Waals surface area contributed by atoms with Gasteiger partial charge < -0.3 is 13.6 Å². The third-order valence-corrected chi connectivity index (χ3v) is 14.8. The quantitative estimate of drug-likeness (QED) is 0.216. The molecule has 0 aromatic carbocycles. The van der Waals surface area contributed by atoms with Gasteiger partial charge in [0.1, 0.15) is 11.2 Å². The predicted octanol–water partition coefficient (Wildman–Crippen LogP) is 7.20. The van der Waals surface area contributed by atoms with Gasteiger partial charge in [-0.2, -0.15) is 0 Å². The summed E-state index contributed by atoms with van der Waals surface area (Å²) in [5.41, 5.74) is 4.60. The molecule has 3 nitrogen and oxygen atoms in total. The zero-order valence-electron chi connectivity index (χ0n) is 20.6. The fraction of sp³-hybridized carbons (Fsp3) is 0.917. The molecule has 2 atom stereocenters. The molecular weight excluding hydrogens is 392 g/mol. The van der Waals surface area contributed by atoms with E-state index in [1.54, 1.807) is 11.1 Å². The number of allylic oxidation sites excluding steroid dienone is 1. The molecule has 168 valence electrons. The van der Waals surface area contributed by atoms with Crippen LogP contribution in [0.4, 0.5) is 0 Å². The first-order valence-electron chi connectivity index (χ1n) is 12.1. The minimum Gasteiger partial charge on any atom is -0.413 e. The van der Waals surface area contributed by atoms with Crippen LogP contribution in [-0.4, -0.2) is 41.1 Å². The lowest BCUT2D eigenvalue weighted by Gasteiger charge is -2.49. The van der Waals surface area contributed by atoms with Gasteiger partial charge in [-0.1, -0.05) is 47.1 Å². The topological polar surface area (TPSA) is 31.0 Å². The van der Waals surface area contributed by atoms with Gasteiger partial charge in [-0.15, -0.1) is 0 Å². The lowest BCUT2D eigenvalue weighted by molar-refractivity contribution is -0.0274. The molecule has 0 radical (unpaired) electrons. The van der Waals surface area contributed by atoms with E-state index in [4.69, 9.17) is 13.6 Å². The van der Waals surface area contributed by atoms with Crippen LogP contribution in [0, 0.1) is 0 Å². The van der Waals surface area contributed by atoms with Crippen LogP contribution in [0.1, 0.15) is 80.1 Å². The molecular formula is C24H46O3Si2. The summed E-state index contributed by atoms with van der Waals surface area (Å²) < 4.78 is 20.6. The molecule has 2 unspecified atom stereocenters. The lowest BCUT2D eigenvalue weighted by Crippen LogP contribution is -2.59. The summed E-state index contributed by atoms with van der Waals surface area (Å²) in [4.78, 5) is 0. The Bertz CT molecular complexity index is 607. The molecule has 0 amide bonds. The van der Waals surface area contributed by atoms with Crippen molar-refractivity contribution in [2.24, 2.45) is 0 Å². The average molecular weight is 439 g/mol. The van der Waals surface area contributed by atoms with Gasteiger partial charge in [0.15, 0.2) is 16.6 Å². The van der Waals surface area contributed by atoms with E-state index in [-0.39, 0.29) is 11.2 Å². The highest BCUT2D eigenvalue weighted by Crippen LogP contribution is 2.57. The van der Waals surface area contributed by atoms with E-state index in [2.05, 4.69) is 61.2 Å². The van der Waals surface area contributed by atoms with Gasteiger partial charge in [-0.05, 0) is 80.4 Å².